The third-order valence-corrected chi connectivity index (χ3v) is 4.11. The molecule has 106 valence electrons. The molecule has 1 aliphatic heterocycles. The van der Waals surface area contributed by atoms with Crippen LogP contribution in [0.2, 0.25) is 0 Å². The first-order chi connectivity index (χ1) is 9.63. The molecule has 20 heavy (non-hydrogen) atoms. The molecule has 2 aromatic rings. The molecule has 3 rings (SSSR count). The third-order valence-electron chi connectivity index (χ3n) is 4.11. The maximum atomic E-state index is 6.42. The summed E-state index contributed by atoms with van der Waals surface area (Å²) in [4.78, 5) is 6.80. The van der Waals surface area contributed by atoms with Crippen molar-refractivity contribution in [1.29, 1.82) is 0 Å². The number of imidazole rings is 1. The van der Waals surface area contributed by atoms with Crippen LogP contribution in [0.1, 0.15) is 28.6 Å². The summed E-state index contributed by atoms with van der Waals surface area (Å²) >= 11 is 0. The third kappa shape index (κ3) is 2.62. The van der Waals surface area contributed by atoms with Crippen LogP contribution < -0.4 is 5.73 Å². The van der Waals surface area contributed by atoms with Gasteiger partial charge in [0, 0.05) is 38.1 Å². The van der Waals surface area contributed by atoms with Crippen LogP contribution in [0.25, 0.3) is 0 Å². The molecule has 1 aliphatic rings. The van der Waals surface area contributed by atoms with E-state index in [4.69, 9.17) is 5.73 Å². The highest BCUT2D eigenvalue weighted by molar-refractivity contribution is 5.33. The molecule has 0 spiro atoms. The summed E-state index contributed by atoms with van der Waals surface area (Å²) < 4.78 is 2.22. The molecule has 0 radical (unpaired) electrons. The van der Waals surface area contributed by atoms with Gasteiger partial charge in [0.25, 0.3) is 0 Å². The second-order valence-corrected chi connectivity index (χ2v) is 5.74. The molecule has 0 bridgehead atoms. The molecular weight excluding hydrogens is 248 g/mol. The standard InChI is InChI=1S/C16H22N4/c1-12-3-4-13(2)14(9-12)15(17)10-19-7-8-20-6-5-18-16(20)11-19/h3-6,9,15H,7-8,10-11,17H2,1-2H3. The summed E-state index contributed by atoms with van der Waals surface area (Å²) in [6.07, 6.45) is 3.93. The van der Waals surface area contributed by atoms with Crippen LogP contribution in [0, 0.1) is 13.8 Å². The predicted molar refractivity (Wildman–Crippen MR) is 80.3 cm³/mol. The molecule has 0 saturated heterocycles. The van der Waals surface area contributed by atoms with Crippen molar-refractivity contribution >= 4 is 0 Å². The summed E-state index contributed by atoms with van der Waals surface area (Å²) in [7, 11) is 0. The Morgan fingerprint density at radius 1 is 1.30 bits per heavy atom. The highest BCUT2D eigenvalue weighted by Crippen LogP contribution is 2.20. The lowest BCUT2D eigenvalue weighted by Gasteiger charge is -2.30. The summed E-state index contributed by atoms with van der Waals surface area (Å²) in [5, 5.41) is 0. The number of aryl methyl sites for hydroxylation is 2. The molecule has 2 heterocycles. The molecule has 4 heteroatoms. The molecule has 4 nitrogen and oxygen atoms in total. The second kappa shape index (κ2) is 5.38. The van der Waals surface area contributed by atoms with Crippen LogP contribution in [0.15, 0.2) is 30.6 Å². The van der Waals surface area contributed by atoms with E-state index in [0.29, 0.717) is 0 Å². The summed E-state index contributed by atoms with van der Waals surface area (Å²) in [5.41, 5.74) is 10.2. The van der Waals surface area contributed by atoms with Crippen molar-refractivity contribution in [3.63, 3.8) is 0 Å². The summed E-state index contributed by atoms with van der Waals surface area (Å²) in [5.74, 6) is 1.14. The zero-order valence-electron chi connectivity index (χ0n) is 12.2. The van der Waals surface area contributed by atoms with Gasteiger partial charge in [-0.3, -0.25) is 4.90 Å². The van der Waals surface area contributed by atoms with Crippen molar-refractivity contribution in [1.82, 2.24) is 14.5 Å². The van der Waals surface area contributed by atoms with Gasteiger partial charge in [0.15, 0.2) is 0 Å². The Kier molecular flexibility index (Phi) is 3.59. The van der Waals surface area contributed by atoms with Crippen LogP contribution in [-0.2, 0) is 13.1 Å². The molecule has 1 unspecified atom stereocenters. The van der Waals surface area contributed by atoms with E-state index in [9.17, 15) is 0 Å². The lowest BCUT2D eigenvalue weighted by molar-refractivity contribution is 0.205. The van der Waals surface area contributed by atoms with Gasteiger partial charge >= 0.3 is 0 Å². The quantitative estimate of drug-likeness (QED) is 0.928. The minimum Gasteiger partial charge on any atom is -0.333 e. The van der Waals surface area contributed by atoms with Crippen molar-refractivity contribution in [2.45, 2.75) is 33.0 Å². The van der Waals surface area contributed by atoms with Gasteiger partial charge in [0.1, 0.15) is 5.82 Å². The van der Waals surface area contributed by atoms with Crippen molar-refractivity contribution in [3.8, 4) is 0 Å². The topological polar surface area (TPSA) is 47.1 Å². The molecule has 0 fully saturated rings. The van der Waals surface area contributed by atoms with E-state index < -0.39 is 0 Å². The largest absolute Gasteiger partial charge is 0.333 e. The second-order valence-electron chi connectivity index (χ2n) is 5.74. The number of aromatic nitrogens is 2. The first kappa shape index (κ1) is 13.3. The lowest BCUT2D eigenvalue weighted by atomic mass is 9.99. The maximum Gasteiger partial charge on any atom is 0.122 e. The van der Waals surface area contributed by atoms with E-state index in [1.54, 1.807) is 0 Å². The van der Waals surface area contributed by atoms with E-state index in [1.807, 2.05) is 6.20 Å². The Morgan fingerprint density at radius 3 is 3.00 bits per heavy atom. The molecule has 1 aromatic carbocycles. The van der Waals surface area contributed by atoms with Gasteiger partial charge < -0.3 is 10.3 Å². The normalized spacial score (nSPS) is 16.9. The number of nitrogens with two attached hydrogens (primary N) is 1. The number of hydrogen-bond acceptors (Lipinski definition) is 3. The Labute approximate surface area is 120 Å². The van der Waals surface area contributed by atoms with Crippen molar-refractivity contribution < 1.29 is 0 Å². The predicted octanol–water partition coefficient (Wildman–Crippen LogP) is 2.02. The zero-order chi connectivity index (χ0) is 14.1. The van der Waals surface area contributed by atoms with E-state index in [1.165, 1.54) is 16.7 Å². The molecule has 0 amide bonds. The van der Waals surface area contributed by atoms with E-state index in [-0.39, 0.29) is 6.04 Å². The summed E-state index contributed by atoms with van der Waals surface area (Å²) in [6.45, 7) is 8.09. The van der Waals surface area contributed by atoms with Gasteiger partial charge in [-0.2, -0.15) is 0 Å². The number of benzene rings is 1. The van der Waals surface area contributed by atoms with Gasteiger partial charge in [0.05, 0.1) is 6.54 Å². The lowest BCUT2D eigenvalue weighted by Crippen LogP contribution is -2.38. The van der Waals surface area contributed by atoms with E-state index >= 15 is 0 Å². The highest BCUT2D eigenvalue weighted by Gasteiger charge is 2.19. The highest BCUT2D eigenvalue weighted by atomic mass is 15.2. The Hall–Kier alpha value is -1.65. The number of rotatable bonds is 3. The van der Waals surface area contributed by atoms with Crippen LogP contribution >= 0.6 is 0 Å². The van der Waals surface area contributed by atoms with E-state index in [2.05, 4.69) is 52.7 Å². The Bertz CT molecular complexity index is 602. The SMILES string of the molecule is Cc1ccc(C)c(C(N)CN2CCn3ccnc3C2)c1. The van der Waals surface area contributed by atoms with E-state index in [0.717, 1.165) is 32.0 Å². The van der Waals surface area contributed by atoms with Crippen molar-refractivity contribution in [2.75, 3.05) is 13.1 Å². The molecule has 0 saturated carbocycles. The van der Waals surface area contributed by atoms with Gasteiger partial charge in [-0.05, 0) is 25.0 Å². The fourth-order valence-electron chi connectivity index (χ4n) is 2.92. The average molecular weight is 270 g/mol. The van der Waals surface area contributed by atoms with Crippen LogP contribution in [0.3, 0.4) is 0 Å². The molecule has 2 N–H and O–H groups in total. The fourth-order valence-corrected chi connectivity index (χ4v) is 2.92. The molecular formula is C16H22N4. The smallest absolute Gasteiger partial charge is 0.122 e. The van der Waals surface area contributed by atoms with Crippen LogP contribution in [0.5, 0.6) is 0 Å². The van der Waals surface area contributed by atoms with Crippen LogP contribution in [0.4, 0.5) is 0 Å². The summed E-state index contributed by atoms with van der Waals surface area (Å²) in [6, 6.07) is 6.58. The molecule has 0 aliphatic carbocycles. The van der Waals surface area contributed by atoms with Gasteiger partial charge in [0.2, 0.25) is 0 Å². The zero-order valence-corrected chi connectivity index (χ0v) is 12.2. The van der Waals surface area contributed by atoms with Crippen molar-refractivity contribution in [2.24, 2.45) is 5.73 Å². The minimum absolute atomic E-state index is 0.0661. The van der Waals surface area contributed by atoms with Gasteiger partial charge in [-0.1, -0.05) is 23.8 Å². The van der Waals surface area contributed by atoms with Crippen molar-refractivity contribution in [3.05, 3.63) is 53.1 Å². The Morgan fingerprint density at radius 2 is 2.15 bits per heavy atom. The average Bonchev–Trinajstić information content (AvgIpc) is 2.89. The van der Waals surface area contributed by atoms with Gasteiger partial charge in [-0.25, -0.2) is 4.98 Å². The maximum absolute atomic E-state index is 6.42. The molecule has 1 atom stereocenters. The number of fused-ring (bicyclic) bond motifs is 1. The van der Waals surface area contributed by atoms with Crippen LogP contribution in [-0.4, -0.2) is 27.5 Å². The monoisotopic (exact) mass is 270 g/mol. The Balaban J connectivity index is 1.71. The number of nitrogens with zero attached hydrogens (tertiary/aromatic N) is 3. The first-order valence-electron chi connectivity index (χ1n) is 7.18. The molecule has 1 aromatic heterocycles. The fraction of sp³-hybridized carbons (Fsp3) is 0.438. The first-order valence-corrected chi connectivity index (χ1v) is 7.18. The van der Waals surface area contributed by atoms with Gasteiger partial charge in [-0.15, -0.1) is 0 Å². The minimum atomic E-state index is 0.0661. The number of hydrogen-bond donors (Lipinski definition) is 1.